The van der Waals surface area contributed by atoms with E-state index < -0.39 is 0 Å². The van der Waals surface area contributed by atoms with Crippen molar-refractivity contribution in [1.82, 2.24) is 9.80 Å². The smallest absolute Gasteiger partial charge is 0.253 e. The first-order valence-corrected chi connectivity index (χ1v) is 8.61. The van der Waals surface area contributed by atoms with Gasteiger partial charge in [0.15, 0.2) is 0 Å². The number of hydrogen-bond donors (Lipinski definition) is 1. The van der Waals surface area contributed by atoms with Crippen molar-refractivity contribution >= 4 is 5.91 Å². The molecule has 4 heteroatoms. The van der Waals surface area contributed by atoms with Crippen molar-refractivity contribution in [3.8, 4) is 0 Å². The third kappa shape index (κ3) is 6.10. The zero-order valence-electron chi connectivity index (χ0n) is 15.7. The first-order valence-electron chi connectivity index (χ1n) is 8.61. The lowest BCUT2D eigenvalue weighted by Crippen LogP contribution is -2.45. The number of aliphatic hydroxyl groups excluding tert-OH is 1. The third-order valence-electron chi connectivity index (χ3n) is 4.26. The predicted molar refractivity (Wildman–Crippen MR) is 100 cm³/mol. The number of likely N-dealkylation sites (tertiary alicyclic amines) is 1. The number of amides is 1. The van der Waals surface area contributed by atoms with Gasteiger partial charge in [-0.2, -0.15) is 0 Å². The SMILES string of the molecule is C=C(C)[C@@H]1CCCCN1C(C)O.Cc1cccc(C(=O)N(C)C)c1. The van der Waals surface area contributed by atoms with Crippen molar-refractivity contribution in [1.29, 1.82) is 0 Å². The van der Waals surface area contributed by atoms with Gasteiger partial charge in [-0.15, -0.1) is 0 Å². The predicted octanol–water partition coefficient (Wildman–Crippen LogP) is 3.45. The second-order valence-corrected chi connectivity index (χ2v) is 6.80. The maximum Gasteiger partial charge on any atom is 0.253 e. The summed E-state index contributed by atoms with van der Waals surface area (Å²) in [5, 5.41) is 9.48. The number of aryl methyl sites for hydroxylation is 1. The number of benzene rings is 1. The number of hydrogen-bond acceptors (Lipinski definition) is 3. The molecule has 1 heterocycles. The van der Waals surface area contributed by atoms with E-state index in [-0.39, 0.29) is 12.1 Å². The molecule has 1 aliphatic rings. The monoisotopic (exact) mass is 332 g/mol. The Morgan fingerprint density at radius 3 is 2.50 bits per heavy atom. The summed E-state index contributed by atoms with van der Waals surface area (Å²) in [5.41, 5.74) is 3.04. The van der Waals surface area contributed by atoms with Gasteiger partial charge in [-0.3, -0.25) is 9.69 Å². The van der Waals surface area contributed by atoms with Gasteiger partial charge in [-0.05, 0) is 45.7 Å². The van der Waals surface area contributed by atoms with Crippen LogP contribution in [0.15, 0.2) is 36.4 Å². The summed E-state index contributed by atoms with van der Waals surface area (Å²) in [6.07, 6.45) is 3.29. The Bertz CT molecular complexity index is 552. The lowest BCUT2D eigenvalue weighted by atomic mass is 9.97. The zero-order chi connectivity index (χ0) is 18.3. The van der Waals surface area contributed by atoms with E-state index in [0.717, 1.165) is 24.1 Å². The van der Waals surface area contributed by atoms with Gasteiger partial charge in [-0.1, -0.05) is 36.3 Å². The van der Waals surface area contributed by atoms with Crippen molar-refractivity contribution in [3.05, 3.63) is 47.5 Å². The van der Waals surface area contributed by atoms with Crippen LogP contribution in [0.5, 0.6) is 0 Å². The van der Waals surface area contributed by atoms with Crippen molar-refractivity contribution in [2.24, 2.45) is 0 Å². The van der Waals surface area contributed by atoms with Gasteiger partial charge in [0.2, 0.25) is 0 Å². The molecular weight excluding hydrogens is 300 g/mol. The summed E-state index contributed by atoms with van der Waals surface area (Å²) in [4.78, 5) is 15.1. The molecule has 2 rings (SSSR count). The lowest BCUT2D eigenvalue weighted by Gasteiger charge is -2.38. The number of aliphatic hydroxyl groups is 1. The van der Waals surface area contributed by atoms with Gasteiger partial charge in [0.25, 0.3) is 5.91 Å². The molecule has 1 fully saturated rings. The van der Waals surface area contributed by atoms with E-state index in [1.165, 1.54) is 18.4 Å². The Morgan fingerprint density at radius 1 is 1.38 bits per heavy atom. The van der Waals surface area contributed by atoms with Crippen molar-refractivity contribution < 1.29 is 9.90 Å². The molecule has 1 amide bonds. The molecule has 0 aromatic heterocycles. The summed E-state index contributed by atoms with van der Waals surface area (Å²) < 4.78 is 0. The quantitative estimate of drug-likeness (QED) is 0.862. The molecular formula is C20H32N2O2. The van der Waals surface area contributed by atoms with Gasteiger partial charge in [-0.25, -0.2) is 0 Å². The maximum absolute atomic E-state index is 11.4. The highest BCUT2D eigenvalue weighted by Gasteiger charge is 2.25. The molecule has 1 aromatic rings. The van der Waals surface area contributed by atoms with E-state index in [2.05, 4.69) is 11.5 Å². The first-order chi connectivity index (χ1) is 11.2. The summed E-state index contributed by atoms with van der Waals surface area (Å²) >= 11 is 0. The highest BCUT2D eigenvalue weighted by atomic mass is 16.3. The number of nitrogens with zero attached hydrogens (tertiary/aromatic N) is 2. The average Bonchev–Trinajstić information content (AvgIpc) is 2.54. The topological polar surface area (TPSA) is 43.8 Å². The van der Waals surface area contributed by atoms with Crippen LogP contribution in [0.4, 0.5) is 0 Å². The van der Waals surface area contributed by atoms with Crippen molar-refractivity contribution in [3.63, 3.8) is 0 Å². The molecule has 1 aromatic carbocycles. The lowest BCUT2D eigenvalue weighted by molar-refractivity contribution is -0.0174. The first kappa shape index (κ1) is 20.4. The molecule has 0 spiro atoms. The second-order valence-electron chi connectivity index (χ2n) is 6.80. The minimum atomic E-state index is -0.327. The van der Waals surface area contributed by atoms with E-state index >= 15 is 0 Å². The van der Waals surface area contributed by atoms with Crippen molar-refractivity contribution in [2.45, 2.75) is 52.3 Å². The van der Waals surface area contributed by atoms with Crippen LogP contribution in [-0.4, -0.2) is 53.7 Å². The minimum absolute atomic E-state index is 0.0544. The Labute approximate surface area is 146 Å². The minimum Gasteiger partial charge on any atom is -0.379 e. The fourth-order valence-corrected chi connectivity index (χ4v) is 2.97. The average molecular weight is 332 g/mol. The van der Waals surface area contributed by atoms with Crippen LogP contribution in [0.25, 0.3) is 0 Å². The van der Waals surface area contributed by atoms with Crippen LogP contribution in [0, 0.1) is 6.92 Å². The molecule has 4 nitrogen and oxygen atoms in total. The summed E-state index contributed by atoms with van der Waals surface area (Å²) in [6.45, 7) is 10.8. The van der Waals surface area contributed by atoms with E-state index in [4.69, 9.17) is 0 Å². The molecule has 0 saturated carbocycles. The van der Waals surface area contributed by atoms with Gasteiger partial charge >= 0.3 is 0 Å². The summed E-state index contributed by atoms with van der Waals surface area (Å²) in [5.74, 6) is 0.0544. The Kier molecular flexibility index (Phi) is 8.16. The molecule has 134 valence electrons. The van der Waals surface area contributed by atoms with Gasteiger partial charge in [0.1, 0.15) is 6.23 Å². The molecule has 24 heavy (non-hydrogen) atoms. The number of carbonyl (C=O) groups is 1. The molecule has 0 radical (unpaired) electrons. The fourth-order valence-electron chi connectivity index (χ4n) is 2.97. The van der Waals surface area contributed by atoms with Crippen LogP contribution in [-0.2, 0) is 0 Å². The normalized spacial score (nSPS) is 19.0. The second kappa shape index (κ2) is 9.60. The summed E-state index contributed by atoms with van der Waals surface area (Å²) in [7, 11) is 3.51. The third-order valence-corrected chi connectivity index (χ3v) is 4.26. The van der Waals surface area contributed by atoms with Gasteiger partial charge in [0, 0.05) is 32.2 Å². The van der Waals surface area contributed by atoms with Gasteiger partial charge in [0.05, 0.1) is 0 Å². The van der Waals surface area contributed by atoms with Crippen LogP contribution in [0.3, 0.4) is 0 Å². The molecule has 0 bridgehead atoms. The Morgan fingerprint density at radius 2 is 2.04 bits per heavy atom. The van der Waals surface area contributed by atoms with Crippen LogP contribution in [0.1, 0.15) is 49.0 Å². The van der Waals surface area contributed by atoms with Crippen molar-refractivity contribution in [2.75, 3.05) is 20.6 Å². The maximum atomic E-state index is 11.4. The molecule has 1 aliphatic heterocycles. The van der Waals surface area contributed by atoms with E-state index in [9.17, 15) is 9.90 Å². The van der Waals surface area contributed by atoms with Crippen LogP contribution >= 0.6 is 0 Å². The largest absolute Gasteiger partial charge is 0.379 e. The summed E-state index contributed by atoms with van der Waals surface area (Å²) in [6, 6.07) is 8.00. The molecule has 1 saturated heterocycles. The number of carbonyl (C=O) groups excluding carboxylic acids is 1. The molecule has 0 aliphatic carbocycles. The Hall–Kier alpha value is -1.65. The standard InChI is InChI=1S/C10H13NO.C10H19NO/c1-8-5-4-6-9(7-8)10(12)11(2)3;1-8(2)10-6-4-5-7-11(10)9(3)12/h4-7H,1-3H3;9-10,12H,1,4-7H2,2-3H3/t;9?,10-/m.0/s1. The zero-order valence-corrected chi connectivity index (χ0v) is 15.7. The molecule has 1 unspecified atom stereocenters. The van der Waals surface area contributed by atoms with E-state index in [0.29, 0.717) is 6.04 Å². The Balaban J connectivity index is 0.000000240. The number of piperidine rings is 1. The highest BCUT2D eigenvalue weighted by Crippen LogP contribution is 2.23. The fraction of sp³-hybridized carbons (Fsp3) is 0.550. The number of rotatable bonds is 3. The highest BCUT2D eigenvalue weighted by molar-refractivity contribution is 5.93. The van der Waals surface area contributed by atoms with E-state index in [1.54, 1.807) is 19.0 Å². The van der Waals surface area contributed by atoms with Crippen LogP contribution < -0.4 is 0 Å². The van der Waals surface area contributed by atoms with Gasteiger partial charge < -0.3 is 10.0 Å². The molecule has 1 N–H and O–H groups in total. The van der Waals surface area contributed by atoms with E-state index in [1.807, 2.05) is 45.0 Å². The molecule has 2 atom stereocenters. The van der Waals surface area contributed by atoms with Crippen LogP contribution in [0.2, 0.25) is 0 Å².